The molecule has 3 rings (SSSR count). The highest BCUT2D eigenvalue weighted by atomic mass is 16.7. The highest BCUT2D eigenvalue weighted by Gasteiger charge is 2.16. The Bertz CT molecular complexity index is 654. The molecule has 98 valence electrons. The SMILES string of the molecule is NC(Cn1ncccc1=O)c1ccc2c(c1)OCO2. The summed E-state index contributed by atoms with van der Waals surface area (Å²) in [6.07, 6.45) is 1.56. The molecular formula is C13H13N3O3. The molecule has 2 aromatic rings. The van der Waals surface area contributed by atoms with Crippen molar-refractivity contribution in [3.63, 3.8) is 0 Å². The quantitative estimate of drug-likeness (QED) is 0.876. The lowest BCUT2D eigenvalue weighted by Gasteiger charge is -2.13. The van der Waals surface area contributed by atoms with Gasteiger partial charge in [-0.05, 0) is 23.8 Å². The minimum Gasteiger partial charge on any atom is -0.454 e. The molecule has 6 heteroatoms. The summed E-state index contributed by atoms with van der Waals surface area (Å²) >= 11 is 0. The van der Waals surface area contributed by atoms with Gasteiger partial charge >= 0.3 is 0 Å². The second kappa shape index (κ2) is 4.74. The van der Waals surface area contributed by atoms with Gasteiger partial charge in [0.05, 0.1) is 6.54 Å². The van der Waals surface area contributed by atoms with Crippen LogP contribution in [0, 0.1) is 0 Å². The summed E-state index contributed by atoms with van der Waals surface area (Å²) in [5, 5.41) is 3.98. The Morgan fingerprint density at radius 2 is 2.16 bits per heavy atom. The molecule has 0 spiro atoms. The standard InChI is InChI=1S/C13H13N3O3/c14-10(7-16-13(17)2-1-5-15-16)9-3-4-11-12(6-9)19-8-18-11/h1-6,10H,7-8,14H2. The van der Waals surface area contributed by atoms with E-state index in [1.807, 2.05) is 18.2 Å². The fourth-order valence-electron chi connectivity index (χ4n) is 1.96. The molecule has 1 aromatic carbocycles. The van der Waals surface area contributed by atoms with Gasteiger partial charge in [-0.2, -0.15) is 5.10 Å². The third kappa shape index (κ3) is 2.30. The first kappa shape index (κ1) is 11.7. The van der Waals surface area contributed by atoms with Gasteiger partial charge in [0.25, 0.3) is 5.56 Å². The zero-order valence-electron chi connectivity index (χ0n) is 10.2. The number of rotatable bonds is 3. The number of benzene rings is 1. The van der Waals surface area contributed by atoms with Gasteiger partial charge in [-0.3, -0.25) is 4.79 Å². The Kier molecular flexibility index (Phi) is 2.92. The van der Waals surface area contributed by atoms with Crippen LogP contribution in [0.4, 0.5) is 0 Å². The molecule has 0 radical (unpaired) electrons. The third-order valence-corrected chi connectivity index (χ3v) is 2.98. The minimum absolute atomic E-state index is 0.168. The average molecular weight is 259 g/mol. The van der Waals surface area contributed by atoms with E-state index in [1.54, 1.807) is 12.3 Å². The largest absolute Gasteiger partial charge is 0.454 e. The van der Waals surface area contributed by atoms with Gasteiger partial charge < -0.3 is 15.2 Å². The van der Waals surface area contributed by atoms with Crippen molar-refractivity contribution < 1.29 is 9.47 Å². The molecule has 0 saturated heterocycles. The molecule has 1 aliphatic rings. The first-order valence-electron chi connectivity index (χ1n) is 5.91. The lowest BCUT2D eigenvalue weighted by molar-refractivity contribution is 0.174. The van der Waals surface area contributed by atoms with Crippen LogP contribution < -0.4 is 20.8 Å². The summed E-state index contributed by atoms with van der Waals surface area (Å²) in [4.78, 5) is 11.6. The Balaban J connectivity index is 1.83. The summed E-state index contributed by atoms with van der Waals surface area (Å²) in [5.74, 6) is 1.40. The average Bonchev–Trinajstić information content (AvgIpc) is 2.88. The fraction of sp³-hybridized carbons (Fsp3) is 0.231. The highest BCUT2D eigenvalue weighted by molar-refractivity contribution is 5.45. The Hall–Kier alpha value is -2.34. The van der Waals surface area contributed by atoms with Crippen molar-refractivity contribution in [1.82, 2.24) is 9.78 Å². The summed E-state index contributed by atoms with van der Waals surface area (Å²) < 4.78 is 11.9. The molecule has 1 aromatic heterocycles. The molecule has 1 aliphatic heterocycles. The lowest BCUT2D eigenvalue weighted by atomic mass is 10.1. The van der Waals surface area contributed by atoms with E-state index < -0.39 is 0 Å². The van der Waals surface area contributed by atoms with Crippen LogP contribution in [0.25, 0.3) is 0 Å². The molecule has 0 aliphatic carbocycles. The molecule has 0 bridgehead atoms. The van der Waals surface area contributed by atoms with Crippen molar-refractivity contribution in [2.24, 2.45) is 5.73 Å². The van der Waals surface area contributed by atoms with E-state index in [9.17, 15) is 4.79 Å². The molecular weight excluding hydrogens is 246 g/mol. The predicted octanol–water partition coefficient (Wildman–Crippen LogP) is 0.672. The topological polar surface area (TPSA) is 79.4 Å². The van der Waals surface area contributed by atoms with Gasteiger partial charge in [-0.1, -0.05) is 6.07 Å². The Labute approximate surface area is 109 Å². The van der Waals surface area contributed by atoms with Crippen LogP contribution in [-0.2, 0) is 6.54 Å². The molecule has 6 nitrogen and oxygen atoms in total. The van der Waals surface area contributed by atoms with Gasteiger partial charge in [-0.15, -0.1) is 0 Å². The van der Waals surface area contributed by atoms with Gasteiger partial charge in [0.15, 0.2) is 11.5 Å². The van der Waals surface area contributed by atoms with Crippen LogP contribution in [0.3, 0.4) is 0 Å². The number of hydrogen-bond acceptors (Lipinski definition) is 5. The summed E-state index contributed by atoms with van der Waals surface area (Å²) in [6, 6.07) is 8.25. The number of fused-ring (bicyclic) bond motifs is 1. The van der Waals surface area contributed by atoms with E-state index in [2.05, 4.69) is 5.10 Å². The van der Waals surface area contributed by atoms with Crippen molar-refractivity contribution >= 4 is 0 Å². The minimum atomic E-state index is -0.331. The second-order valence-electron chi connectivity index (χ2n) is 4.26. The van der Waals surface area contributed by atoms with Gasteiger partial charge in [0.2, 0.25) is 6.79 Å². The smallest absolute Gasteiger partial charge is 0.266 e. The fourth-order valence-corrected chi connectivity index (χ4v) is 1.96. The lowest BCUT2D eigenvalue weighted by Crippen LogP contribution is -2.27. The van der Waals surface area contributed by atoms with E-state index in [0.29, 0.717) is 18.0 Å². The monoisotopic (exact) mass is 259 g/mol. The van der Waals surface area contributed by atoms with Crippen LogP contribution in [0.15, 0.2) is 41.3 Å². The summed E-state index contributed by atoms with van der Waals surface area (Å²) in [7, 11) is 0. The van der Waals surface area contributed by atoms with E-state index in [0.717, 1.165) is 5.56 Å². The van der Waals surface area contributed by atoms with E-state index in [4.69, 9.17) is 15.2 Å². The normalized spacial score (nSPS) is 14.4. The molecule has 2 heterocycles. The van der Waals surface area contributed by atoms with Gasteiger partial charge in [-0.25, -0.2) is 4.68 Å². The van der Waals surface area contributed by atoms with Crippen LogP contribution in [-0.4, -0.2) is 16.6 Å². The van der Waals surface area contributed by atoms with Gasteiger partial charge in [0, 0.05) is 18.3 Å². The van der Waals surface area contributed by atoms with Crippen molar-refractivity contribution in [3.05, 3.63) is 52.4 Å². The predicted molar refractivity (Wildman–Crippen MR) is 68.0 cm³/mol. The first-order valence-corrected chi connectivity index (χ1v) is 5.91. The number of hydrogen-bond donors (Lipinski definition) is 1. The van der Waals surface area contributed by atoms with Crippen LogP contribution in [0.1, 0.15) is 11.6 Å². The number of nitrogens with two attached hydrogens (primary N) is 1. The van der Waals surface area contributed by atoms with E-state index in [1.165, 1.54) is 10.7 Å². The molecule has 2 N–H and O–H groups in total. The number of nitrogens with zero attached hydrogens (tertiary/aromatic N) is 2. The van der Waals surface area contributed by atoms with Crippen molar-refractivity contribution in [1.29, 1.82) is 0 Å². The second-order valence-corrected chi connectivity index (χ2v) is 4.26. The highest BCUT2D eigenvalue weighted by Crippen LogP contribution is 2.33. The maximum Gasteiger partial charge on any atom is 0.266 e. The van der Waals surface area contributed by atoms with Crippen molar-refractivity contribution in [2.75, 3.05) is 6.79 Å². The van der Waals surface area contributed by atoms with E-state index in [-0.39, 0.29) is 18.4 Å². The summed E-state index contributed by atoms with van der Waals surface area (Å²) in [6.45, 7) is 0.549. The van der Waals surface area contributed by atoms with Crippen LogP contribution in [0.5, 0.6) is 11.5 Å². The Morgan fingerprint density at radius 3 is 3.00 bits per heavy atom. The zero-order chi connectivity index (χ0) is 13.2. The zero-order valence-corrected chi connectivity index (χ0v) is 10.2. The number of ether oxygens (including phenoxy) is 2. The molecule has 19 heavy (non-hydrogen) atoms. The Morgan fingerprint density at radius 1 is 1.32 bits per heavy atom. The van der Waals surface area contributed by atoms with Crippen molar-refractivity contribution in [3.8, 4) is 11.5 Å². The molecule has 1 unspecified atom stereocenters. The summed E-state index contributed by atoms with van der Waals surface area (Å²) in [5.41, 5.74) is 6.80. The maximum absolute atomic E-state index is 11.6. The van der Waals surface area contributed by atoms with Crippen LogP contribution in [0.2, 0.25) is 0 Å². The molecule has 0 fully saturated rings. The number of aromatic nitrogens is 2. The van der Waals surface area contributed by atoms with Crippen molar-refractivity contribution in [2.45, 2.75) is 12.6 Å². The van der Waals surface area contributed by atoms with Gasteiger partial charge in [0.1, 0.15) is 0 Å². The molecule has 1 atom stereocenters. The molecule has 0 amide bonds. The van der Waals surface area contributed by atoms with Crippen LogP contribution >= 0.6 is 0 Å². The molecule has 0 saturated carbocycles. The maximum atomic E-state index is 11.6. The third-order valence-electron chi connectivity index (χ3n) is 2.98. The van der Waals surface area contributed by atoms with E-state index >= 15 is 0 Å². The first-order chi connectivity index (χ1) is 9.24.